The zero-order valence-corrected chi connectivity index (χ0v) is 16.2. The van der Waals surface area contributed by atoms with Crippen molar-refractivity contribution in [1.82, 2.24) is 4.90 Å². The fraction of sp³-hybridized carbons (Fsp3) is 0.350. The standard InChI is InChI=1S/C20H22ClFN2O.ClH/c1-13(23)16-3-2-10-24(12-16)20(25)18-9-6-15(11-19(18)22)14-4-7-17(21)8-5-14;/h4-9,11,13,16H,2-3,10,12,23H2,1H3;1H. The van der Waals surface area contributed by atoms with Crippen LogP contribution in [0.1, 0.15) is 30.1 Å². The van der Waals surface area contributed by atoms with Crippen molar-refractivity contribution in [3.8, 4) is 11.1 Å². The summed E-state index contributed by atoms with van der Waals surface area (Å²) in [4.78, 5) is 14.4. The maximum atomic E-state index is 14.6. The van der Waals surface area contributed by atoms with E-state index in [1.165, 1.54) is 6.07 Å². The lowest BCUT2D eigenvalue weighted by molar-refractivity contribution is 0.0656. The average Bonchev–Trinajstić information content (AvgIpc) is 2.62. The Balaban J connectivity index is 0.00000243. The molecule has 1 aliphatic heterocycles. The molecule has 6 heteroatoms. The summed E-state index contributed by atoms with van der Waals surface area (Å²) in [5.74, 6) is -0.486. The molecule has 2 unspecified atom stereocenters. The molecule has 0 spiro atoms. The second-order valence-electron chi connectivity index (χ2n) is 6.71. The van der Waals surface area contributed by atoms with Crippen LogP contribution in [0.3, 0.4) is 0 Å². The van der Waals surface area contributed by atoms with Gasteiger partial charge in [0.15, 0.2) is 0 Å². The molecule has 2 aromatic carbocycles. The first-order valence-corrected chi connectivity index (χ1v) is 8.94. The highest BCUT2D eigenvalue weighted by atomic mass is 35.5. The maximum absolute atomic E-state index is 14.6. The molecule has 2 atom stereocenters. The van der Waals surface area contributed by atoms with E-state index in [9.17, 15) is 9.18 Å². The molecule has 1 aliphatic rings. The number of benzene rings is 2. The molecule has 26 heavy (non-hydrogen) atoms. The van der Waals surface area contributed by atoms with E-state index < -0.39 is 5.82 Å². The largest absolute Gasteiger partial charge is 0.338 e. The Bertz CT molecular complexity index is 765. The summed E-state index contributed by atoms with van der Waals surface area (Å²) in [6.07, 6.45) is 1.92. The van der Waals surface area contributed by atoms with Crippen LogP contribution in [-0.4, -0.2) is 29.9 Å². The molecule has 1 amide bonds. The van der Waals surface area contributed by atoms with Crippen LogP contribution < -0.4 is 5.73 Å². The van der Waals surface area contributed by atoms with E-state index in [0.29, 0.717) is 18.1 Å². The molecule has 1 fully saturated rings. The van der Waals surface area contributed by atoms with Gasteiger partial charge < -0.3 is 10.6 Å². The van der Waals surface area contributed by atoms with Gasteiger partial charge in [-0.3, -0.25) is 4.79 Å². The second kappa shape index (κ2) is 8.85. The third kappa shape index (κ3) is 4.56. The summed E-state index contributed by atoms with van der Waals surface area (Å²) < 4.78 is 14.6. The minimum atomic E-state index is -0.500. The summed E-state index contributed by atoms with van der Waals surface area (Å²) in [7, 11) is 0. The highest BCUT2D eigenvalue weighted by Crippen LogP contribution is 2.26. The zero-order valence-electron chi connectivity index (χ0n) is 14.6. The highest BCUT2D eigenvalue weighted by molar-refractivity contribution is 6.30. The Morgan fingerprint density at radius 2 is 1.88 bits per heavy atom. The van der Waals surface area contributed by atoms with Crippen molar-refractivity contribution in [1.29, 1.82) is 0 Å². The van der Waals surface area contributed by atoms with Gasteiger partial charge in [0.1, 0.15) is 5.82 Å². The van der Waals surface area contributed by atoms with Crippen molar-refractivity contribution in [2.75, 3.05) is 13.1 Å². The summed E-state index contributed by atoms with van der Waals surface area (Å²) in [5, 5.41) is 0.629. The fourth-order valence-corrected chi connectivity index (χ4v) is 3.43. The van der Waals surface area contributed by atoms with Crippen molar-refractivity contribution >= 4 is 29.9 Å². The van der Waals surface area contributed by atoms with Crippen LogP contribution in [0.4, 0.5) is 4.39 Å². The van der Waals surface area contributed by atoms with Gasteiger partial charge in [-0.1, -0.05) is 29.8 Å². The van der Waals surface area contributed by atoms with E-state index >= 15 is 0 Å². The van der Waals surface area contributed by atoms with Crippen molar-refractivity contribution in [3.63, 3.8) is 0 Å². The normalized spacial score (nSPS) is 18.2. The first-order valence-electron chi connectivity index (χ1n) is 8.56. The van der Waals surface area contributed by atoms with Gasteiger partial charge in [-0.2, -0.15) is 0 Å². The molecule has 140 valence electrons. The van der Waals surface area contributed by atoms with Gasteiger partial charge in [0.25, 0.3) is 5.91 Å². The first kappa shape index (κ1) is 20.7. The Hall–Kier alpha value is -1.62. The van der Waals surface area contributed by atoms with Gasteiger partial charge in [0, 0.05) is 24.2 Å². The lowest BCUT2D eigenvalue weighted by Gasteiger charge is -2.34. The van der Waals surface area contributed by atoms with Gasteiger partial charge >= 0.3 is 0 Å². The van der Waals surface area contributed by atoms with Crippen molar-refractivity contribution in [2.24, 2.45) is 11.7 Å². The molecule has 0 radical (unpaired) electrons. The lowest BCUT2D eigenvalue weighted by Crippen LogP contribution is -2.45. The molecule has 3 nitrogen and oxygen atoms in total. The molecule has 0 aliphatic carbocycles. The number of halogens is 3. The van der Waals surface area contributed by atoms with Gasteiger partial charge in [-0.15, -0.1) is 12.4 Å². The van der Waals surface area contributed by atoms with Gasteiger partial charge in [0.05, 0.1) is 5.56 Å². The van der Waals surface area contributed by atoms with Gasteiger partial charge in [-0.05, 0) is 61.1 Å². The third-order valence-electron chi connectivity index (χ3n) is 4.87. The van der Waals surface area contributed by atoms with Crippen molar-refractivity contribution in [2.45, 2.75) is 25.8 Å². The molecule has 3 rings (SSSR count). The van der Waals surface area contributed by atoms with E-state index in [2.05, 4.69) is 0 Å². The van der Waals surface area contributed by atoms with E-state index in [0.717, 1.165) is 24.0 Å². The number of carbonyl (C=O) groups excluding carboxylic acids is 1. The monoisotopic (exact) mass is 396 g/mol. The number of piperidine rings is 1. The topological polar surface area (TPSA) is 46.3 Å². The average molecular weight is 397 g/mol. The van der Waals surface area contributed by atoms with Crippen LogP contribution in [0.5, 0.6) is 0 Å². The summed E-state index contributed by atoms with van der Waals surface area (Å²) in [5.41, 5.74) is 7.66. The number of likely N-dealkylation sites (tertiary alicyclic amines) is 1. The fourth-order valence-electron chi connectivity index (χ4n) is 3.30. The predicted octanol–water partition coefficient (Wildman–Crippen LogP) is 4.77. The van der Waals surface area contributed by atoms with Crippen molar-refractivity contribution < 1.29 is 9.18 Å². The van der Waals surface area contributed by atoms with Crippen LogP contribution in [0, 0.1) is 11.7 Å². The Kier molecular flexibility index (Phi) is 7.04. The molecule has 1 saturated heterocycles. The van der Waals surface area contributed by atoms with Crippen LogP contribution in [0.15, 0.2) is 42.5 Å². The number of carbonyl (C=O) groups is 1. The second-order valence-corrected chi connectivity index (χ2v) is 7.15. The Morgan fingerprint density at radius 1 is 1.23 bits per heavy atom. The third-order valence-corrected chi connectivity index (χ3v) is 5.12. The summed E-state index contributed by atoms with van der Waals surface area (Å²) in [6, 6.07) is 12.0. The van der Waals surface area contributed by atoms with E-state index in [-0.39, 0.29) is 35.8 Å². The minimum absolute atomic E-state index is 0. The Labute approximate surface area is 164 Å². The van der Waals surface area contributed by atoms with Crippen LogP contribution in [-0.2, 0) is 0 Å². The van der Waals surface area contributed by atoms with Gasteiger partial charge in [0.2, 0.25) is 0 Å². The quantitative estimate of drug-likeness (QED) is 0.811. The molecular formula is C20H23Cl2FN2O. The van der Waals surface area contributed by atoms with E-state index in [4.69, 9.17) is 17.3 Å². The molecule has 2 N–H and O–H groups in total. The Morgan fingerprint density at radius 3 is 2.50 bits per heavy atom. The molecule has 0 aromatic heterocycles. The highest BCUT2D eigenvalue weighted by Gasteiger charge is 2.27. The summed E-state index contributed by atoms with van der Waals surface area (Å²) in [6.45, 7) is 3.20. The van der Waals surface area contributed by atoms with Crippen LogP contribution in [0.25, 0.3) is 11.1 Å². The summed E-state index contributed by atoms with van der Waals surface area (Å²) >= 11 is 5.88. The minimum Gasteiger partial charge on any atom is -0.338 e. The maximum Gasteiger partial charge on any atom is 0.256 e. The molecule has 0 saturated carbocycles. The SMILES string of the molecule is CC(N)C1CCCN(C(=O)c2ccc(-c3ccc(Cl)cc3)cc2F)C1.Cl. The molecule has 1 heterocycles. The van der Waals surface area contributed by atoms with Gasteiger partial charge in [-0.25, -0.2) is 4.39 Å². The van der Waals surface area contributed by atoms with Crippen LogP contribution in [0.2, 0.25) is 5.02 Å². The smallest absolute Gasteiger partial charge is 0.256 e. The number of hydrogen-bond acceptors (Lipinski definition) is 2. The molecule has 2 aromatic rings. The number of hydrogen-bond donors (Lipinski definition) is 1. The number of nitrogens with zero attached hydrogens (tertiary/aromatic N) is 1. The van der Waals surface area contributed by atoms with Crippen molar-refractivity contribution in [3.05, 3.63) is 58.9 Å². The number of nitrogens with two attached hydrogens (primary N) is 1. The van der Waals surface area contributed by atoms with Crippen LogP contribution >= 0.6 is 24.0 Å². The zero-order chi connectivity index (χ0) is 18.0. The first-order chi connectivity index (χ1) is 12.0. The number of amides is 1. The van der Waals surface area contributed by atoms with E-state index in [1.807, 2.05) is 19.1 Å². The number of rotatable bonds is 3. The predicted molar refractivity (Wildman–Crippen MR) is 106 cm³/mol. The lowest BCUT2D eigenvalue weighted by atomic mass is 9.91. The molecular weight excluding hydrogens is 374 g/mol. The molecule has 0 bridgehead atoms. The van der Waals surface area contributed by atoms with E-state index in [1.54, 1.807) is 29.2 Å².